The molecule has 0 spiro atoms. The quantitative estimate of drug-likeness (QED) is 0.0291. The number of anilines is 2. The number of amides is 9. The molecule has 0 bridgehead atoms. The van der Waals surface area contributed by atoms with Crippen LogP contribution in [-0.4, -0.2) is 225 Å². The van der Waals surface area contributed by atoms with E-state index in [1.807, 2.05) is 48.5 Å². The Labute approximate surface area is 561 Å². The van der Waals surface area contributed by atoms with E-state index in [0.29, 0.717) is 94.9 Å². The highest BCUT2D eigenvalue weighted by molar-refractivity contribution is 6.01. The van der Waals surface area contributed by atoms with Gasteiger partial charge >= 0.3 is 18.2 Å². The minimum atomic E-state index is -1.04. The highest BCUT2D eigenvalue weighted by Gasteiger charge is 2.31. The molecule has 0 aliphatic carbocycles. The van der Waals surface area contributed by atoms with Gasteiger partial charge in [-0.25, -0.2) is 19.1 Å². The van der Waals surface area contributed by atoms with Gasteiger partial charge in [-0.2, -0.15) is 0 Å². The molecule has 2 atom stereocenters. The van der Waals surface area contributed by atoms with E-state index in [1.165, 1.54) is 4.90 Å². The molecule has 1 aliphatic rings. The number of fused-ring (bicyclic) bond motifs is 5. The zero-order valence-electron chi connectivity index (χ0n) is 56.5. The average Bonchev–Trinajstić information content (AvgIpc) is 1.49. The predicted molar refractivity (Wildman–Crippen MR) is 356 cm³/mol. The van der Waals surface area contributed by atoms with Crippen LogP contribution in [-0.2, 0) is 86.3 Å². The number of nitrogens with one attached hydrogen (secondary N) is 7. The van der Waals surface area contributed by atoms with Gasteiger partial charge in [0.15, 0.2) is 0 Å². The lowest BCUT2D eigenvalue weighted by atomic mass is 9.95. The Morgan fingerprint density at radius 2 is 1.23 bits per heavy atom. The summed E-state index contributed by atoms with van der Waals surface area (Å²) in [5, 5.41) is 28.4. The number of benzene rings is 3. The summed E-state index contributed by atoms with van der Waals surface area (Å²) in [4.78, 5) is 106. The van der Waals surface area contributed by atoms with Crippen molar-refractivity contribution < 1.29 is 81.0 Å². The summed E-state index contributed by atoms with van der Waals surface area (Å²) in [6.07, 6.45) is -0.409. The van der Waals surface area contributed by atoms with Gasteiger partial charge in [-0.15, -0.1) is 5.10 Å². The zero-order valence-corrected chi connectivity index (χ0v) is 56.5. The fourth-order valence-electron chi connectivity index (χ4n) is 9.42. The van der Waals surface area contributed by atoms with Crippen LogP contribution in [0.2, 0.25) is 0 Å². The minimum Gasteiger partial charge on any atom is -0.445 e. The van der Waals surface area contributed by atoms with Crippen molar-refractivity contribution in [2.75, 3.05) is 150 Å². The molecule has 0 unspecified atom stereocenters. The third kappa shape index (κ3) is 29.7. The number of nitrogens with zero attached hydrogens (tertiary/aromatic N) is 5. The second-order valence-corrected chi connectivity index (χ2v) is 23.5. The molecule has 0 saturated carbocycles. The van der Waals surface area contributed by atoms with Gasteiger partial charge < -0.3 is 95.4 Å². The van der Waals surface area contributed by atoms with E-state index in [2.05, 4.69) is 47.5 Å². The molecule has 30 heteroatoms. The summed E-state index contributed by atoms with van der Waals surface area (Å²) in [6.45, 7) is 15.2. The number of aromatic nitrogens is 3. The SMILES string of the molecule is CNCCN(C)C(=O)OCc1ccc(NC(=O)[C@H](CCCNC(N)=O)NC(=O)[C@@H](NC(=O)CCOCCOCCOCCOCCC(=O)NCCC(=O)N2Cc3ccccc3-c3nnn(CCOCCOCCOCCNC(=O)OC(C)(C)C)c3-c3ccccc32)C(C)C)cc1. The fourth-order valence-corrected chi connectivity index (χ4v) is 9.42. The predicted octanol–water partition coefficient (Wildman–Crippen LogP) is 3.89. The maximum absolute atomic E-state index is 14.1. The maximum Gasteiger partial charge on any atom is 0.409 e. The van der Waals surface area contributed by atoms with Crippen LogP contribution in [0.15, 0.2) is 72.8 Å². The molecule has 9 amide bonds. The van der Waals surface area contributed by atoms with Crippen LogP contribution in [0.1, 0.15) is 77.8 Å². The summed E-state index contributed by atoms with van der Waals surface area (Å²) in [5.41, 5.74) is 10.4. The highest BCUT2D eigenvalue weighted by Crippen LogP contribution is 2.41. The van der Waals surface area contributed by atoms with Crippen molar-refractivity contribution in [1.29, 1.82) is 0 Å². The monoisotopic (exact) mass is 1350 g/mol. The van der Waals surface area contributed by atoms with Gasteiger partial charge in [0, 0.05) is 75.8 Å². The van der Waals surface area contributed by atoms with Gasteiger partial charge in [0.1, 0.15) is 30.0 Å². The Kier molecular flexibility index (Phi) is 35.6. The van der Waals surface area contributed by atoms with Crippen LogP contribution in [0.25, 0.3) is 22.5 Å². The lowest BCUT2D eigenvalue weighted by Gasteiger charge is -2.29. The third-order valence-corrected chi connectivity index (χ3v) is 14.4. The molecule has 2 heterocycles. The fraction of sp³-hybridized carbons (Fsp3) is 0.576. The largest absolute Gasteiger partial charge is 0.445 e. The first-order valence-electron chi connectivity index (χ1n) is 32.5. The van der Waals surface area contributed by atoms with E-state index >= 15 is 0 Å². The van der Waals surface area contributed by atoms with E-state index in [9.17, 15) is 38.4 Å². The number of alkyl carbamates (subject to hydrolysis) is 1. The first-order chi connectivity index (χ1) is 46.2. The van der Waals surface area contributed by atoms with Crippen molar-refractivity contribution in [3.63, 3.8) is 0 Å². The third-order valence-electron chi connectivity index (χ3n) is 14.4. The van der Waals surface area contributed by atoms with Crippen LogP contribution in [0.5, 0.6) is 0 Å². The Balaban J connectivity index is 0.919. The van der Waals surface area contributed by atoms with Crippen molar-refractivity contribution in [3.05, 3.63) is 83.9 Å². The Morgan fingerprint density at radius 1 is 0.635 bits per heavy atom. The first kappa shape index (κ1) is 78.3. The molecule has 96 heavy (non-hydrogen) atoms. The molecule has 0 saturated heterocycles. The normalized spacial score (nSPS) is 12.4. The van der Waals surface area contributed by atoms with Crippen LogP contribution in [0, 0.1) is 5.92 Å². The van der Waals surface area contributed by atoms with Gasteiger partial charge in [-0.05, 0) is 75.9 Å². The van der Waals surface area contributed by atoms with Crippen molar-refractivity contribution >= 4 is 59.1 Å². The number of hydrogen-bond donors (Lipinski definition) is 8. The molecule has 5 rings (SSSR count). The number of urea groups is 1. The standard InChI is InChI=1S/C66H99N13O17/c1-47(2)58(62(84)73-53(16-12-25-70-63(67)85)61(83)72-50-20-18-48(19-21-50)46-95-65(87)77(7)29-27-68-6)74-56(81)24-32-89-36-40-93-44-43-92-39-35-88-31-23-55(80)69-26-22-57(82)78-45-49-13-8-9-14-51(49)59-60(52-15-10-11-17-54(52)78)79(76-75-59)30-34-91-38-42-94-41-37-90-33-28-71-64(86)96-66(3,4)5/h8-11,13-15,17-21,47,53,58,68H,12,16,22-46H2,1-7H3,(H,69,80)(H,71,86)(H,72,83)(H,73,84)(H,74,81)(H3,67,70,85)/t53-,58-/m0/s1. The second kappa shape index (κ2) is 43.7. The van der Waals surface area contributed by atoms with Crippen molar-refractivity contribution in [1.82, 2.24) is 51.8 Å². The number of hydrogen-bond acceptors (Lipinski definition) is 20. The average molecular weight is 1350 g/mol. The van der Waals surface area contributed by atoms with Gasteiger partial charge in [-0.3, -0.25) is 24.0 Å². The Morgan fingerprint density at radius 3 is 1.85 bits per heavy atom. The summed E-state index contributed by atoms with van der Waals surface area (Å²) in [6, 6.07) is 19.4. The van der Waals surface area contributed by atoms with Crippen LogP contribution in [0.3, 0.4) is 0 Å². The lowest BCUT2D eigenvalue weighted by molar-refractivity contribution is -0.132. The van der Waals surface area contributed by atoms with E-state index in [1.54, 1.807) is 82.6 Å². The van der Waals surface area contributed by atoms with E-state index in [0.717, 1.165) is 22.4 Å². The molecular formula is C66H99N13O17. The van der Waals surface area contributed by atoms with Gasteiger partial charge in [0.05, 0.1) is 117 Å². The maximum atomic E-state index is 14.1. The number of carbonyl (C=O) groups excluding carboxylic acids is 8. The molecule has 9 N–H and O–H groups in total. The molecule has 1 aliphatic heterocycles. The van der Waals surface area contributed by atoms with Crippen molar-refractivity contribution in [3.8, 4) is 22.5 Å². The number of carbonyl (C=O) groups is 8. The van der Waals surface area contributed by atoms with Gasteiger partial charge in [-0.1, -0.05) is 73.7 Å². The number of nitrogens with two attached hydrogens (primary N) is 1. The number of rotatable bonds is 45. The smallest absolute Gasteiger partial charge is 0.409 e. The highest BCUT2D eigenvalue weighted by atomic mass is 16.6. The molecule has 3 aromatic carbocycles. The van der Waals surface area contributed by atoms with E-state index in [-0.39, 0.29) is 123 Å². The topological polar surface area (TPSA) is 367 Å². The van der Waals surface area contributed by atoms with Crippen LogP contribution < -0.4 is 47.9 Å². The minimum absolute atomic E-state index is 0.0266. The summed E-state index contributed by atoms with van der Waals surface area (Å²) >= 11 is 0. The molecule has 0 radical (unpaired) electrons. The lowest BCUT2D eigenvalue weighted by Crippen LogP contribution is -2.54. The Hall–Kier alpha value is -8.36. The van der Waals surface area contributed by atoms with Gasteiger partial charge in [0.2, 0.25) is 29.5 Å². The number of primary amides is 1. The molecule has 530 valence electrons. The van der Waals surface area contributed by atoms with Crippen molar-refractivity contribution in [2.24, 2.45) is 11.7 Å². The molecule has 30 nitrogen and oxygen atoms in total. The van der Waals surface area contributed by atoms with Crippen LogP contribution >= 0.6 is 0 Å². The zero-order chi connectivity index (χ0) is 69.5. The van der Waals surface area contributed by atoms with E-state index in [4.69, 9.17) is 48.4 Å². The molecular weight excluding hydrogens is 1250 g/mol. The molecule has 0 fully saturated rings. The number of ether oxygens (including phenoxy) is 9. The van der Waals surface area contributed by atoms with E-state index < -0.39 is 53.6 Å². The summed E-state index contributed by atoms with van der Waals surface area (Å²) in [5.74, 6) is -2.30. The number of para-hydroxylation sites is 1. The second-order valence-electron chi connectivity index (χ2n) is 23.5. The molecule has 1 aromatic heterocycles. The summed E-state index contributed by atoms with van der Waals surface area (Å²) in [7, 11) is 3.43. The number of likely N-dealkylation sites (N-methyl/N-ethyl adjacent to an activating group) is 2. The van der Waals surface area contributed by atoms with Crippen LogP contribution in [0.4, 0.5) is 25.8 Å². The Bertz CT molecular complexity index is 3040. The molecule has 4 aromatic rings. The summed E-state index contributed by atoms with van der Waals surface area (Å²) < 4.78 is 51.8. The van der Waals surface area contributed by atoms with Gasteiger partial charge in [0.25, 0.3) is 0 Å². The first-order valence-corrected chi connectivity index (χ1v) is 32.5. The van der Waals surface area contributed by atoms with Crippen molar-refractivity contribution in [2.45, 2.75) is 104 Å².